The summed E-state index contributed by atoms with van der Waals surface area (Å²) in [5.74, 6) is -0.131. The Bertz CT molecular complexity index is 378. The van der Waals surface area contributed by atoms with Gasteiger partial charge in [-0.1, -0.05) is 22.0 Å². The zero-order valence-corrected chi connectivity index (χ0v) is 11.5. The van der Waals surface area contributed by atoms with Gasteiger partial charge in [-0.15, -0.1) is 0 Å². The van der Waals surface area contributed by atoms with Crippen LogP contribution >= 0.6 is 15.9 Å². The number of ether oxygens (including phenoxy) is 1. The number of halogens is 2. The van der Waals surface area contributed by atoms with Crippen molar-refractivity contribution < 1.29 is 9.13 Å². The van der Waals surface area contributed by atoms with Crippen LogP contribution in [0.15, 0.2) is 18.2 Å². The molecule has 0 amide bonds. The van der Waals surface area contributed by atoms with Gasteiger partial charge < -0.3 is 9.64 Å². The van der Waals surface area contributed by atoms with Gasteiger partial charge in [-0.2, -0.15) is 0 Å². The second kappa shape index (κ2) is 5.83. The number of nitrogens with zero attached hydrogens (tertiary/aromatic N) is 1. The Morgan fingerprint density at radius 3 is 2.71 bits per heavy atom. The number of rotatable bonds is 3. The molecule has 0 atom stereocenters. The van der Waals surface area contributed by atoms with Crippen LogP contribution in [0.25, 0.3) is 0 Å². The molecule has 0 spiro atoms. The summed E-state index contributed by atoms with van der Waals surface area (Å²) < 4.78 is 19.0. The summed E-state index contributed by atoms with van der Waals surface area (Å²) in [4.78, 5) is 2.25. The number of hydrogen-bond acceptors (Lipinski definition) is 2. The molecule has 0 unspecified atom stereocenters. The van der Waals surface area contributed by atoms with Crippen molar-refractivity contribution in [1.82, 2.24) is 0 Å². The van der Waals surface area contributed by atoms with Crippen LogP contribution in [0.4, 0.5) is 10.1 Å². The fourth-order valence-corrected chi connectivity index (χ4v) is 2.86. The molecule has 1 aromatic rings. The minimum atomic E-state index is -0.131. The van der Waals surface area contributed by atoms with Gasteiger partial charge in [0.1, 0.15) is 5.82 Å². The van der Waals surface area contributed by atoms with Gasteiger partial charge in [0.2, 0.25) is 0 Å². The van der Waals surface area contributed by atoms with Gasteiger partial charge in [-0.05, 0) is 25.0 Å². The van der Waals surface area contributed by atoms with E-state index in [1.165, 1.54) is 6.07 Å². The van der Waals surface area contributed by atoms with E-state index in [0.717, 1.165) is 37.2 Å². The molecule has 0 aliphatic carbocycles. The maximum absolute atomic E-state index is 13.7. The van der Waals surface area contributed by atoms with Crippen LogP contribution in [0.5, 0.6) is 0 Å². The molecular weight excluding hydrogens is 285 g/mol. The fourth-order valence-electron chi connectivity index (χ4n) is 2.31. The Balaban J connectivity index is 2.15. The van der Waals surface area contributed by atoms with Crippen LogP contribution in [0.2, 0.25) is 0 Å². The molecule has 2 nitrogen and oxygen atoms in total. The number of methoxy groups -OCH3 is 1. The van der Waals surface area contributed by atoms with E-state index in [1.54, 1.807) is 13.2 Å². The monoisotopic (exact) mass is 301 g/mol. The van der Waals surface area contributed by atoms with Gasteiger partial charge >= 0.3 is 0 Å². The van der Waals surface area contributed by atoms with E-state index < -0.39 is 0 Å². The molecule has 1 saturated heterocycles. The van der Waals surface area contributed by atoms with Crippen molar-refractivity contribution in [3.05, 3.63) is 29.6 Å². The molecule has 94 valence electrons. The third kappa shape index (κ3) is 2.80. The van der Waals surface area contributed by atoms with Gasteiger partial charge in [0.05, 0.1) is 6.10 Å². The molecule has 0 bridgehead atoms. The van der Waals surface area contributed by atoms with E-state index in [0.29, 0.717) is 11.4 Å². The van der Waals surface area contributed by atoms with Crippen molar-refractivity contribution in [2.24, 2.45) is 0 Å². The van der Waals surface area contributed by atoms with Crippen molar-refractivity contribution in [2.75, 3.05) is 25.1 Å². The Labute approximate surface area is 110 Å². The summed E-state index contributed by atoms with van der Waals surface area (Å²) in [6.07, 6.45) is 2.37. The molecule has 0 radical (unpaired) electrons. The highest BCUT2D eigenvalue weighted by atomic mass is 79.9. The van der Waals surface area contributed by atoms with Gasteiger partial charge in [0, 0.05) is 36.8 Å². The summed E-state index contributed by atoms with van der Waals surface area (Å²) in [6, 6.07) is 5.29. The Morgan fingerprint density at radius 2 is 2.12 bits per heavy atom. The lowest BCUT2D eigenvalue weighted by atomic mass is 10.1. The Hall–Kier alpha value is -0.610. The van der Waals surface area contributed by atoms with Crippen LogP contribution in [-0.2, 0) is 10.1 Å². The van der Waals surface area contributed by atoms with E-state index >= 15 is 0 Å². The molecule has 1 aliphatic heterocycles. The maximum Gasteiger partial charge on any atom is 0.129 e. The molecule has 1 aromatic carbocycles. The van der Waals surface area contributed by atoms with E-state index in [2.05, 4.69) is 20.8 Å². The van der Waals surface area contributed by atoms with Gasteiger partial charge in [-0.25, -0.2) is 4.39 Å². The minimum Gasteiger partial charge on any atom is -0.381 e. The Kier molecular flexibility index (Phi) is 4.40. The normalized spacial score (nSPS) is 17.5. The first kappa shape index (κ1) is 12.8. The largest absolute Gasteiger partial charge is 0.381 e. The average Bonchev–Trinajstić information content (AvgIpc) is 2.38. The summed E-state index contributed by atoms with van der Waals surface area (Å²) in [6.45, 7) is 1.86. The topological polar surface area (TPSA) is 12.5 Å². The Morgan fingerprint density at radius 1 is 1.41 bits per heavy atom. The van der Waals surface area contributed by atoms with E-state index in [4.69, 9.17) is 4.74 Å². The number of piperidine rings is 1. The van der Waals surface area contributed by atoms with Crippen molar-refractivity contribution >= 4 is 21.6 Å². The highest BCUT2D eigenvalue weighted by Crippen LogP contribution is 2.28. The van der Waals surface area contributed by atoms with Crippen molar-refractivity contribution in [2.45, 2.75) is 24.3 Å². The number of hydrogen-bond donors (Lipinski definition) is 0. The van der Waals surface area contributed by atoms with Crippen molar-refractivity contribution in [3.63, 3.8) is 0 Å². The number of alkyl halides is 1. The first-order chi connectivity index (χ1) is 8.26. The third-order valence-electron chi connectivity index (χ3n) is 3.34. The van der Waals surface area contributed by atoms with E-state index in [9.17, 15) is 4.39 Å². The fraction of sp³-hybridized carbons (Fsp3) is 0.538. The van der Waals surface area contributed by atoms with E-state index in [1.807, 2.05) is 6.07 Å². The molecule has 17 heavy (non-hydrogen) atoms. The SMILES string of the molecule is COC1CCN(c2cccc(F)c2CBr)CC1. The lowest BCUT2D eigenvalue weighted by Gasteiger charge is -2.34. The van der Waals surface area contributed by atoms with Gasteiger partial charge in [0.15, 0.2) is 0 Å². The smallest absolute Gasteiger partial charge is 0.129 e. The first-order valence-corrected chi connectivity index (χ1v) is 6.99. The van der Waals surface area contributed by atoms with Crippen LogP contribution in [0.1, 0.15) is 18.4 Å². The molecule has 1 heterocycles. The van der Waals surface area contributed by atoms with Crippen molar-refractivity contribution in [3.8, 4) is 0 Å². The highest BCUT2D eigenvalue weighted by Gasteiger charge is 2.21. The molecule has 4 heteroatoms. The molecular formula is C13H17BrFNO. The van der Waals surface area contributed by atoms with Crippen LogP contribution < -0.4 is 4.90 Å². The lowest BCUT2D eigenvalue weighted by Crippen LogP contribution is -2.37. The summed E-state index contributed by atoms with van der Waals surface area (Å²) >= 11 is 3.36. The average molecular weight is 302 g/mol. The summed E-state index contributed by atoms with van der Waals surface area (Å²) in [5.41, 5.74) is 1.76. The lowest BCUT2D eigenvalue weighted by molar-refractivity contribution is 0.0819. The van der Waals surface area contributed by atoms with Crippen LogP contribution in [0.3, 0.4) is 0 Å². The minimum absolute atomic E-state index is 0.131. The zero-order valence-electron chi connectivity index (χ0n) is 9.96. The van der Waals surface area contributed by atoms with Crippen molar-refractivity contribution in [1.29, 1.82) is 0 Å². The quantitative estimate of drug-likeness (QED) is 0.794. The predicted octanol–water partition coefficient (Wildman–Crippen LogP) is 3.34. The van der Waals surface area contributed by atoms with E-state index in [-0.39, 0.29) is 5.82 Å². The first-order valence-electron chi connectivity index (χ1n) is 5.87. The second-order valence-corrected chi connectivity index (χ2v) is 4.85. The zero-order chi connectivity index (χ0) is 12.3. The standard InChI is InChI=1S/C13H17BrFNO/c1-17-10-5-7-16(8-6-10)13-4-2-3-12(15)11(13)9-14/h2-4,10H,5-9H2,1H3. The van der Waals surface area contributed by atoms with Gasteiger partial charge in [0.25, 0.3) is 0 Å². The molecule has 2 rings (SSSR count). The highest BCUT2D eigenvalue weighted by molar-refractivity contribution is 9.08. The van der Waals surface area contributed by atoms with Crippen LogP contribution in [-0.4, -0.2) is 26.3 Å². The molecule has 1 fully saturated rings. The summed E-state index contributed by atoms with van der Waals surface area (Å²) in [5, 5.41) is 0.555. The molecule has 0 aromatic heterocycles. The predicted molar refractivity (Wildman–Crippen MR) is 71.3 cm³/mol. The molecule has 0 saturated carbocycles. The second-order valence-electron chi connectivity index (χ2n) is 4.29. The van der Waals surface area contributed by atoms with Crippen LogP contribution in [0, 0.1) is 5.82 Å². The number of anilines is 1. The number of benzene rings is 1. The third-order valence-corrected chi connectivity index (χ3v) is 3.90. The summed E-state index contributed by atoms with van der Waals surface area (Å²) in [7, 11) is 1.76. The maximum atomic E-state index is 13.7. The molecule has 1 aliphatic rings. The van der Waals surface area contributed by atoms with Gasteiger partial charge in [-0.3, -0.25) is 0 Å². The molecule has 0 N–H and O–H groups in total.